The van der Waals surface area contributed by atoms with Gasteiger partial charge in [0.1, 0.15) is 0 Å². The van der Waals surface area contributed by atoms with E-state index in [1.165, 1.54) is 0 Å². The van der Waals surface area contributed by atoms with Crippen LogP contribution in [0.2, 0.25) is 0 Å². The van der Waals surface area contributed by atoms with Crippen molar-refractivity contribution in [3.8, 4) is 0 Å². The molecule has 1 aliphatic rings. The molecule has 6 heavy (non-hydrogen) atoms. The first-order chi connectivity index (χ1) is 2.77. The van der Waals surface area contributed by atoms with Gasteiger partial charge in [-0.25, -0.2) is 0 Å². The molecule has 0 spiro atoms. The molecule has 1 aliphatic heterocycles. The van der Waals surface area contributed by atoms with Crippen molar-refractivity contribution in [2.45, 2.75) is 4.76 Å². The maximum absolute atomic E-state index is 4.63. The number of hydrogen-bond acceptors (Lipinski definition) is 4. The molecule has 1 atom stereocenters. The Bertz CT molecular complexity index is 61.8. The molecule has 1 unspecified atom stereocenters. The Labute approximate surface area is 42.9 Å². The zero-order chi connectivity index (χ0) is 4.62. The molecule has 36 valence electrons. The fourth-order valence-electron chi connectivity index (χ4n) is 0.0804. The van der Waals surface area contributed by atoms with E-state index in [0.717, 1.165) is 16.9 Å². The van der Waals surface area contributed by atoms with Crippen molar-refractivity contribution in [1.82, 2.24) is 0 Å². The van der Waals surface area contributed by atoms with E-state index in [1.807, 2.05) is 0 Å². The van der Waals surface area contributed by atoms with Crippen LogP contribution in [0.1, 0.15) is 0 Å². The second-order valence-corrected chi connectivity index (χ2v) is 2.37. The monoisotopic (exact) mass is 153 g/mol. The van der Waals surface area contributed by atoms with Crippen molar-refractivity contribution >= 4 is 16.9 Å². The van der Waals surface area contributed by atoms with Crippen LogP contribution in [0.15, 0.2) is 0 Å². The van der Waals surface area contributed by atoms with Crippen LogP contribution in [0, 0.1) is 0 Å². The number of hydrogen-bond donors (Lipinski definition) is 1. The third-order valence-electron chi connectivity index (χ3n) is 0.412. The molecule has 0 radical (unpaired) electrons. The van der Waals surface area contributed by atoms with Crippen molar-refractivity contribution in [1.29, 1.82) is 0 Å². The van der Waals surface area contributed by atoms with Crippen LogP contribution < -0.4 is 5.90 Å². The minimum absolute atomic E-state index is 0.868. The summed E-state index contributed by atoms with van der Waals surface area (Å²) in [6, 6.07) is 0. The second-order valence-electron chi connectivity index (χ2n) is 0.888. The molecule has 1 heterocycles. The molecule has 5 heteroatoms. The third-order valence-corrected chi connectivity index (χ3v) is 1.10. The number of rotatable bonds is 1. The first kappa shape index (κ1) is 4.55. The van der Waals surface area contributed by atoms with E-state index in [-0.39, 0.29) is 0 Å². The van der Waals surface area contributed by atoms with Crippen LogP contribution >= 0.6 is 0 Å². The van der Waals surface area contributed by atoms with Crippen LogP contribution in [-0.4, -0.2) is 21.6 Å². The van der Waals surface area contributed by atoms with Gasteiger partial charge in [0.25, 0.3) is 0 Å². The standard InChI is InChI=1S/CH4AsNO3/c2-1(4-3)5-6-1/h2-3H2. The first-order valence-corrected chi connectivity index (χ1v) is 2.51. The van der Waals surface area contributed by atoms with E-state index in [4.69, 9.17) is 0 Å². The van der Waals surface area contributed by atoms with Crippen molar-refractivity contribution < 1.29 is 14.6 Å². The predicted octanol–water partition coefficient (Wildman–Crippen LogP) is -1.92. The van der Waals surface area contributed by atoms with E-state index in [2.05, 4.69) is 20.5 Å². The van der Waals surface area contributed by atoms with Crippen LogP contribution in [0.5, 0.6) is 0 Å². The van der Waals surface area contributed by atoms with Crippen molar-refractivity contribution in [2.24, 2.45) is 5.90 Å². The molecule has 0 bridgehead atoms. The Balaban J connectivity index is 2.28. The quantitative estimate of drug-likeness (QED) is 0.206. The van der Waals surface area contributed by atoms with Gasteiger partial charge in [0.2, 0.25) is 0 Å². The molecule has 1 fully saturated rings. The Morgan fingerprint density at radius 1 is 1.67 bits per heavy atom. The molecular formula is CH4AsNO3. The first-order valence-electron chi connectivity index (χ1n) is 1.30. The molecule has 2 N–H and O–H groups in total. The molecule has 0 aliphatic carbocycles. The fourth-order valence-corrected chi connectivity index (χ4v) is 0.181. The Kier molecular flexibility index (Phi) is 0.898. The van der Waals surface area contributed by atoms with Crippen molar-refractivity contribution in [3.63, 3.8) is 0 Å². The normalized spacial score (nSPS) is 27.0. The summed E-state index contributed by atoms with van der Waals surface area (Å²) in [5.74, 6) is 4.63. The molecule has 0 aromatic carbocycles. The number of nitrogens with two attached hydrogens (primary N) is 1. The van der Waals surface area contributed by atoms with Gasteiger partial charge in [-0.05, 0) is 0 Å². The summed E-state index contributed by atoms with van der Waals surface area (Å²) in [6.45, 7) is 0. The van der Waals surface area contributed by atoms with E-state index in [0.29, 0.717) is 0 Å². The average molecular weight is 153 g/mol. The van der Waals surface area contributed by atoms with Gasteiger partial charge in [-0.15, -0.1) is 0 Å². The van der Waals surface area contributed by atoms with Gasteiger partial charge >= 0.3 is 42.1 Å². The summed E-state index contributed by atoms with van der Waals surface area (Å²) < 4.78 is -0.868. The van der Waals surface area contributed by atoms with E-state index < -0.39 is 4.76 Å². The van der Waals surface area contributed by atoms with E-state index in [9.17, 15) is 0 Å². The molecule has 0 aromatic heterocycles. The van der Waals surface area contributed by atoms with Gasteiger partial charge < -0.3 is 0 Å². The Hall–Kier alpha value is 0.398. The molecule has 0 aromatic rings. The zero-order valence-corrected chi connectivity index (χ0v) is 5.30. The van der Waals surface area contributed by atoms with Crippen LogP contribution in [0.4, 0.5) is 0 Å². The van der Waals surface area contributed by atoms with E-state index in [1.54, 1.807) is 0 Å². The van der Waals surface area contributed by atoms with Crippen LogP contribution in [-0.2, 0) is 14.6 Å². The second kappa shape index (κ2) is 1.18. The molecular weight excluding hydrogens is 149 g/mol. The molecule has 1 saturated heterocycles. The zero-order valence-electron chi connectivity index (χ0n) is 2.88. The summed E-state index contributed by atoms with van der Waals surface area (Å²) in [5.41, 5.74) is 0. The van der Waals surface area contributed by atoms with Crippen molar-refractivity contribution in [2.75, 3.05) is 0 Å². The van der Waals surface area contributed by atoms with Crippen LogP contribution in [0.3, 0.4) is 0 Å². The van der Waals surface area contributed by atoms with Crippen molar-refractivity contribution in [3.05, 3.63) is 0 Å². The van der Waals surface area contributed by atoms with E-state index >= 15 is 0 Å². The van der Waals surface area contributed by atoms with Gasteiger partial charge in [0.15, 0.2) is 0 Å². The predicted molar refractivity (Wildman–Crippen MR) is 18.7 cm³/mol. The van der Waals surface area contributed by atoms with Gasteiger partial charge in [0.05, 0.1) is 0 Å². The fraction of sp³-hybridized carbons (Fsp3) is 1.00. The molecule has 1 rings (SSSR count). The van der Waals surface area contributed by atoms with Gasteiger partial charge in [-0.3, -0.25) is 0 Å². The average Bonchev–Trinajstić information content (AvgIpc) is 2.22. The molecule has 4 nitrogen and oxygen atoms in total. The summed E-state index contributed by atoms with van der Waals surface area (Å²) in [5, 5.41) is 0. The summed E-state index contributed by atoms with van der Waals surface area (Å²) in [7, 11) is 0. The SMILES string of the molecule is NOC1([AsH2])OO1. The molecule has 0 saturated carbocycles. The van der Waals surface area contributed by atoms with Gasteiger partial charge in [0, 0.05) is 0 Å². The summed E-state index contributed by atoms with van der Waals surface area (Å²) in [6.07, 6.45) is 0. The minimum atomic E-state index is -0.868. The van der Waals surface area contributed by atoms with Gasteiger partial charge in [-0.2, -0.15) is 0 Å². The maximum atomic E-state index is 4.63. The Morgan fingerprint density at radius 3 is 2.17 bits per heavy atom. The van der Waals surface area contributed by atoms with Gasteiger partial charge in [-0.1, -0.05) is 0 Å². The molecule has 0 amide bonds. The van der Waals surface area contributed by atoms with Crippen LogP contribution in [0.25, 0.3) is 0 Å². The summed E-state index contributed by atoms with van der Waals surface area (Å²) in [4.78, 5) is 12.6. The topological polar surface area (TPSA) is 60.3 Å². The third kappa shape index (κ3) is 0.720. The Morgan fingerprint density at radius 2 is 2.17 bits per heavy atom. The summed E-state index contributed by atoms with van der Waals surface area (Å²) >= 11 is 1.15.